The standard InChI is InChI=1S/C35H50O10/c1-8-10-11-12-13-14-15-16-23(37)43-27-21(5)33(41)22-17-20(4)26(38)34(22,42)30(40)32(18-36)28(44-32)24(33)25-31(6,7)35(25,27)45-29(39)19(3)9-2/h13-17,19,21-22,24-25,27-28,30,36,40-42H,8-12,18H2,1-7H3/b14-13+,16-15-. The Balaban J connectivity index is 1.60. The number of epoxide rings is 1. The minimum atomic E-state index is -2.50. The Morgan fingerprint density at radius 2 is 1.84 bits per heavy atom. The zero-order valence-corrected chi connectivity index (χ0v) is 27.5. The number of esters is 2. The van der Waals surface area contributed by atoms with Gasteiger partial charge < -0.3 is 34.6 Å². The van der Waals surface area contributed by atoms with E-state index in [0.717, 1.165) is 25.7 Å². The van der Waals surface area contributed by atoms with Crippen LogP contribution in [0, 0.1) is 35.0 Å². The second kappa shape index (κ2) is 11.4. The fourth-order valence-corrected chi connectivity index (χ4v) is 9.09. The number of aliphatic hydroxyl groups excluding tert-OH is 2. The van der Waals surface area contributed by atoms with Gasteiger partial charge in [-0.1, -0.05) is 78.7 Å². The van der Waals surface area contributed by atoms with Crippen molar-refractivity contribution in [2.45, 2.75) is 121 Å². The Bertz CT molecular complexity index is 1320. The van der Waals surface area contributed by atoms with Crippen molar-refractivity contribution in [3.05, 3.63) is 36.0 Å². The molecule has 45 heavy (non-hydrogen) atoms. The van der Waals surface area contributed by atoms with Gasteiger partial charge in [-0.2, -0.15) is 0 Å². The number of unbranched alkanes of at least 4 members (excludes halogenated alkanes) is 3. The van der Waals surface area contributed by atoms with Gasteiger partial charge in [-0.05, 0) is 31.8 Å². The molecule has 5 aliphatic rings. The fourth-order valence-electron chi connectivity index (χ4n) is 9.09. The molecule has 0 aromatic carbocycles. The molecule has 4 aliphatic carbocycles. The second-order valence-corrected chi connectivity index (χ2v) is 14.6. The van der Waals surface area contributed by atoms with Crippen LogP contribution in [0.15, 0.2) is 36.0 Å². The molecule has 1 aliphatic heterocycles. The van der Waals surface area contributed by atoms with Gasteiger partial charge in [0.15, 0.2) is 17.0 Å². The number of hydrogen-bond donors (Lipinski definition) is 4. The molecule has 0 amide bonds. The monoisotopic (exact) mass is 630 g/mol. The van der Waals surface area contributed by atoms with Gasteiger partial charge in [0.2, 0.25) is 0 Å². The number of aliphatic hydroxyl groups is 4. The van der Waals surface area contributed by atoms with Crippen LogP contribution in [-0.4, -0.2) is 85.5 Å². The number of allylic oxidation sites excluding steroid dienone is 3. The van der Waals surface area contributed by atoms with Crippen molar-refractivity contribution < 1.29 is 49.0 Å². The summed E-state index contributed by atoms with van der Waals surface area (Å²) < 4.78 is 18.5. The summed E-state index contributed by atoms with van der Waals surface area (Å²) in [5, 5.41) is 47.1. The van der Waals surface area contributed by atoms with E-state index in [1.54, 1.807) is 26.0 Å². The van der Waals surface area contributed by atoms with Crippen LogP contribution >= 0.6 is 0 Å². The molecule has 1 saturated heterocycles. The van der Waals surface area contributed by atoms with Crippen LogP contribution in [0.5, 0.6) is 0 Å². The molecule has 4 N–H and O–H groups in total. The van der Waals surface area contributed by atoms with Crippen LogP contribution in [-0.2, 0) is 28.6 Å². The highest BCUT2D eigenvalue weighted by molar-refractivity contribution is 6.05. The number of fused-ring (bicyclic) bond motifs is 7. The molecule has 0 radical (unpaired) electrons. The van der Waals surface area contributed by atoms with E-state index in [1.165, 1.54) is 19.1 Å². The topological polar surface area (TPSA) is 163 Å². The zero-order chi connectivity index (χ0) is 33.3. The smallest absolute Gasteiger partial charge is 0.331 e. The van der Waals surface area contributed by atoms with Gasteiger partial charge in [-0.3, -0.25) is 9.59 Å². The van der Waals surface area contributed by atoms with E-state index >= 15 is 0 Å². The van der Waals surface area contributed by atoms with Crippen LogP contribution < -0.4 is 0 Å². The van der Waals surface area contributed by atoms with Gasteiger partial charge in [-0.25, -0.2) is 4.79 Å². The molecular weight excluding hydrogens is 580 g/mol. The lowest BCUT2D eigenvalue weighted by atomic mass is 9.58. The number of rotatable bonds is 11. The first-order valence-electron chi connectivity index (χ1n) is 16.5. The lowest BCUT2D eigenvalue weighted by Gasteiger charge is -2.53. The van der Waals surface area contributed by atoms with E-state index in [0.29, 0.717) is 6.42 Å². The summed E-state index contributed by atoms with van der Waals surface area (Å²) >= 11 is 0. The normalized spacial score (nSPS) is 44.7. The predicted molar refractivity (Wildman–Crippen MR) is 163 cm³/mol. The van der Waals surface area contributed by atoms with Gasteiger partial charge in [0, 0.05) is 35.2 Å². The fraction of sp³-hybridized carbons (Fsp3) is 0.743. The summed E-state index contributed by atoms with van der Waals surface area (Å²) in [7, 11) is 0. The Hall–Kier alpha value is -2.37. The Labute approximate surface area is 265 Å². The molecule has 5 rings (SSSR count). The largest absolute Gasteiger partial charge is 0.455 e. The van der Waals surface area contributed by atoms with E-state index in [-0.39, 0.29) is 5.57 Å². The molecule has 4 fully saturated rings. The number of carbonyl (C=O) groups excluding carboxylic acids is 3. The summed E-state index contributed by atoms with van der Waals surface area (Å²) in [6.45, 7) is 11.9. The molecular formula is C35H50O10. The Kier molecular flexibility index (Phi) is 8.61. The molecule has 10 heteroatoms. The highest BCUT2D eigenvalue weighted by Crippen LogP contribution is 2.80. The summed E-state index contributed by atoms with van der Waals surface area (Å²) in [5.74, 6) is -6.27. The first-order valence-corrected chi connectivity index (χ1v) is 16.5. The minimum absolute atomic E-state index is 0.158. The summed E-state index contributed by atoms with van der Waals surface area (Å²) in [4.78, 5) is 40.3. The molecule has 3 saturated carbocycles. The molecule has 12 atom stereocenters. The van der Waals surface area contributed by atoms with E-state index in [9.17, 15) is 34.8 Å². The maximum Gasteiger partial charge on any atom is 0.331 e. The molecule has 0 aromatic rings. The van der Waals surface area contributed by atoms with Gasteiger partial charge in [-0.15, -0.1) is 0 Å². The van der Waals surface area contributed by atoms with Crippen molar-refractivity contribution in [1.29, 1.82) is 0 Å². The zero-order valence-electron chi connectivity index (χ0n) is 27.5. The average molecular weight is 631 g/mol. The quantitative estimate of drug-likeness (QED) is 0.0878. The van der Waals surface area contributed by atoms with Crippen LogP contribution in [0.3, 0.4) is 0 Å². The maximum atomic E-state index is 13.5. The van der Waals surface area contributed by atoms with Crippen molar-refractivity contribution in [3.8, 4) is 0 Å². The van der Waals surface area contributed by atoms with Crippen LogP contribution in [0.2, 0.25) is 0 Å². The van der Waals surface area contributed by atoms with Crippen molar-refractivity contribution in [1.82, 2.24) is 0 Å². The first-order chi connectivity index (χ1) is 21.1. The van der Waals surface area contributed by atoms with E-state index < -0.39 is 100 Å². The summed E-state index contributed by atoms with van der Waals surface area (Å²) in [6, 6.07) is 0. The van der Waals surface area contributed by atoms with E-state index in [4.69, 9.17) is 14.2 Å². The predicted octanol–water partition coefficient (Wildman–Crippen LogP) is 2.95. The van der Waals surface area contributed by atoms with E-state index in [1.807, 2.05) is 26.8 Å². The highest BCUT2D eigenvalue weighted by atomic mass is 16.6. The van der Waals surface area contributed by atoms with Gasteiger partial charge in [0.05, 0.1) is 24.2 Å². The minimum Gasteiger partial charge on any atom is -0.455 e. The van der Waals surface area contributed by atoms with Gasteiger partial charge in [0.1, 0.15) is 17.8 Å². The number of ether oxygens (including phenoxy) is 3. The molecule has 0 bridgehead atoms. The average Bonchev–Trinajstić information content (AvgIpc) is 3.83. The third-order valence-corrected chi connectivity index (χ3v) is 12.0. The van der Waals surface area contributed by atoms with Crippen LogP contribution in [0.25, 0.3) is 0 Å². The third-order valence-electron chi connectivity index (χ3n) is 12.0. The van der Waals surface area contributed by atoms with Crippen molar-refractivity contribution >= 4 is 17.7 Å². The lowest BCUT2D eigenvalue weighted by molar-refractivity contribution is -0.244. The van der Waals surface area contributed by atoms with E-state index in [2.05, 4.69) is 6.92 Å². The SMILES string of the molecule is CCCCC/C=C/C=C\C(=O)OC1C(C)C2(O)C(C3OC3(CO)C(O)C3(O)C(=O)C(C)=CC32)C2C(C)(C)C12OC(=O)C(C)CC. The number of Topliss-reactive ketones (excluding diaryl/α,β-unsaturated/α-hetero) is 1. The lowest BCUT2D eigenvalue weighted by Crippen LogP contribution is -2.69. The van der Waals surface area contributed by atoms with Crippen LogP contribution in [0.4, 0.5) is 0 Å². The molecule has 12 unspecified atom stereocenters. The third kappa shape index (κ3) is 4.49. The Morgan fingerprint density at radius 3 is 2.47 bits per heavy atom. The van der Waals surface area contributed by atoms with Crippen molar-refractivity contribution in [2.24, 2.45) is 35.0 Å². The van der Waals surface area contributed by atoms with Gasteiger partial charge >= 0.3 is 11.9 Å². The molecule has 0 aromatic heterocycles. The molecule has 1 heterocycles. The van der Waals surface area contributed by atoms with Crippen molar-refractivity contribution in [2.75, 3.05) is 6.61 Å². The van der Waals surface area contributed by atoms with Crippen molar-refractivity contribution in [3.63, 3.8) is 0 Å². The summed E-state index contributed by atoms with van der Waals surface area (Å²) in [6.07, 6.45) is 8.77. The first kappa shape index (κ1) is 34.0. The van der Waals surface area contributed by atoms with Crippen LogP contribution in [0.1, 0.15) is 80.6 Å². The molecule has 250 valence electrons. The maximum absolute atomic E-state index is 13.5. The second-order valence-electron chi connectivity index (χ2n) is 14.6. The number of carbonyl (C=O) groups is 3. The number of hydrogen-bond acceptors (Lipinski definition) is 10. The van der Waals surface area contributed by atoms with Gasteiger partial charge in [0.25, 0.3) is 0 Å². The highest BCUT2D eigenvalue weighted by Gasteiger charge is 2.93. The molecule has 0 spiro atoms. The summed E-state index contributed by atoms with van der Waals surface area (Å²) in [5.41, 5.74) is -8.27. The number of ketones is 1. The Morgan fingerprint density at radius 1 is 1.16 bits per heavy atom. The molecule has 10 nitrogen and oxygen atoms in total.